The molecule has 0 atom stereocenters. The van der Waals surface area contributed by atoms with Gasteiger partial charge in [-0.2, -0.15) is 0 Å². The fourth-order valence-electron chi connectivity index (χ4n) is 1.83. The number of carboxylic acid groups (broad SMARTS) is 1. The zero-order valence-electron chi connectivity index (χ0n) is 10.5. The van der Waals surface area contributed by atoms with Gasteiger partial charge in [0.1, 0.15) is 10.5 Å². The molecule has 0 saturated heterocycles. The van der Waals surface area contributed by atoms with Gasteiger partial charge in [-0.25, -0.2) is 4.98 Å². The van der Waals surface area contributed by atoms with Gasteiger partial charge in [-0.15, -0.1) is 11.3 Å². The largest absolute Gasteiger partial charge is 0.481 e. The summed E-state index contributed by atoms with van der Waals surface area (Å²) in [5, 5.41) is 10.4. The van der Waals surface area contributed by atoms with Crippen molar-refractivity contribution in [2.75, 3.05) is 13.6 Å². The Morgan fingerprint density at radius 1 is 1.58 bits per heavy atom. The molecule has 0 aliphatic carbocycles. The predicted octanol–water partition coefficient (Wildman–Crippen LogP) is 1.28. The Morgan fingerprint density at radius 2 is 2.37 bits per heavy atom. The van der Waals surface area contributed by atoms with Crippen LogP contribution < -0.4 is 5.56 Å². The summed E-state index contributed by atoms with van der Waals surface area (Å²) in [7, 11) is 1.87. The number of aromatic amines is 1. The van der Waals surface area contributed by atoms with Gasteiger partial charge in [0.05, 0.1) is 12.1 Å². The maximum Gasteiger partial charge on any atom is 0.303 e. The molecule has 0 radical (unpaired) electrons. The smallest absolute Gasteiger partial charge is 0.303 e. The lowest BCUT2D eigenvalue weighted by atomic mass is 10.3. The van der Waals surface area contributed by atoms with Crippen LogP contribution in [-0.4, -0.2) is 39.5 Å². The topological polar surface area (TPSA) is 86.3 Å². The molecule has 0 spiro atoms. The molecule has 2 rings (SSSR count). The highest BCUT2D eigenvalue weighted by Gasteiger charge is 2.07. The summed E-state index contributed by atoms with van der Waals surface area (Å²) in [6, 6.07) is 1.82. The van der Waals surface area contributed by atoms with Gasteiger partial charge in [-0.3, -0.25) is 14.5 Å². The van der Waals surface area contributed by atoms with Crippen LogP contribution in [0.1, 0.15) is 18.7 Å². The minimum Gasteiger partial charge on any atom is -0.481 e. The highest BCUT2D eigenvalue weighted by molar-refractivity contribution is 7.17. The molecule has 19 heavy (non-hydrogen) atoms. The van der Waals surface area contributed by atoms with Gasteiger partial charge >= 0.3 is 5.97 Å². The Hall–Kier alpha value is -1.73. The molecule has 2 heterocycles. The van der Waals surface area contributed by atoms with E-state index < -0.39 is 5.97 Å². The monoisotopic (exact) mass is 281 g/mol. The molecule has 0 unspecified atom stereocenters. The quantitative estimate of drug-likeness (QED) is 0.833. The van der Waals surface area contributed by atoms with Crippen molar-refractivity contribution in [3.63, 3.8) is 0 Å². The third kappa shape index (κ3) is 3.62. The van der Waals surface area contributed by atoms with Crippen LogP contribution in [0.15, 0.2) is 16.2 Å². The van der Waals surface area contributed by atoms with E-state index in [-0.39, 0.29) is 12.0 Å². The minimum atomic E-state index is -0.792. The normalized spacial score (nSPS) is 11.3. The van der Waals surface area contributed by atoms with Crippen molar-refractivity contribution in [1.29, 1.82) is 0 Å². The Kier molecular flexibility index (Phi) is 4.28. The van der Waals surface area contributed by atoms with E-state index in [0.717, 1.165) is 0 Å². The number of aliphatic carboxylic acids is 1. The Balaban J connectivity index is 2.00. The third-order valence-electron chi connectivity index (χ3n) is 2.71. The molecule has 0 bridgehead atoms. The van der Waals surface area contributed by atoms with Crippen LogP contribution >= 0.6 is 11.3 Å². The van der Waals surface area contributed by atoms with Crippen molar-refractivity contribution in [1.82, 2.24) is 14.9 Å². The molecule has 0 saturated carbocycles. The number of hydrogen-bond donors (Lipinski definition) is 2. The molecule has 0 amide bonds. The molecular formula is C12H15N3O3S. The second-order valence-electron chi connectivity index (χ2n) is 4.38. The molecule has 2 aromatic rings. The summed E-state index contributed by atoms with van der Waals surface area (Å²) in [4.78, 5) is 31.3. The minimum absolute atomic E-state index is 0.117. The van der Waals surface area contributed by atoms with Crippen LogP contribution in [-0.2, 0) is 11.3 Å². The van der Waals surface area contributed by atoms with Gasteiger partial charge in [0.15, 0.2) is 0 Å². The highest BCUT2D eigenvalue weighted by atomic mass is 32.1. The first-order valence-corrected chi connectivity index (χ1v) is 6.81. The summed E-state index contributed by atoms with van der Waals surface area (Å²) in [6.07, 6.45) is 0.731. The number of carbonyl (C=O) groups is 1. The summed E-state index contributed by atoms with van der Waals surface area (Å²) >= 11 is 1.37. The number of nitrogens with zero attached hydrogens (tertiary/aromatic N) is 2. The zero-order chi connectivity index (χ0) is 13.8. The third-order valence-corrected chi connectivity index (χ3v) is 3.62. The van der Waals surface area contributed by atoms with Gasteiger partial charge in [0.2, 0.25) is 0 Å². The molecule has 0 aliphatic rings. The number of thiophene rings is 1. The number of H-pyrrole nitrogens is 1. The van der Waals surface area contributed by atoms with Gasteiger partial charge in [-0.1, -0.05) is 0 Å². The number of aromatic nitrogens is 2. The average molecular weight is 281 g/mol. The molecule has 102 valence electrons. The number of nitrogens with one attached hydrogen (secondary N) is 1. The van der Waals surface area contributed by atoms with E-state index in [1.165, 1.54) is 11.3 Å². The lowest BCUT2D eigenvalue weighted by molar-refractivity contribution is -0.137. The number of carboxylic acids is 1. The van der Waals surface area contributed by atoms with Crippen LogP contribution in [0.3, 0.4) is 0 Å². The zero-order valence-corrected chi connectivity index (χ0v) is 11.4. The van der Waals surface area contributed by atoms with Crippen molar-refractivity contribution in [2.24, 2.45) is 0 Å². The first-order chi connectivity index (χ1) is 9.06. The van der Waals surface area contributed by atoms with Crippen LogP contribution in [0.2, 0.25) is 0 Å². The summed E-state index contributed by atoms with van der Waals surface area (Å²) in [5.74, 6) is -0.187. The van der Waals surface area contributed by atoms with Gasteiger partial charge in [0, 0.05) is 6.42 Å². The number of hydrogen-bond acceptors (Lipinski definition) is 5. The molecule has 2 aromatic heterocycles. The second kappa shape index (κ2) is 5.94. The molecule has 0 aliphatic heterocycles. The molecule has 0 fully saturated rings. The maximum absolute atomic E-state index is 11.8. The van der Waals surface area contributed by atoms with E-state index in [1.807, 2.05) is 23.4 Å². The predicted molar refractivity (Wildman–Crippen MR) is 73.4 cm³/mol. The summed E-state index contributed by atoms with van der Waals surface area (Å²) in [5.41, 5.74) is 0.594. The molecule has 7 heteroatoms. The molecule has 2 N–H and O–H groups in total. The van der Waals surface area contributed by atoms with Crippen LogP contribution in [0.5, 0.6) is 0 Å². The second-order valence-corrected chi connectivity index (χ2v) is 5.30. The van der Waals surface area contributed by atoms with E-state index in [1.54, 1.807) is 0 Å². The standard InChI is InChI=1S/C12H15N3O3S/c1-15(5-2-3-10(16)17)7-9-13-8-4-6-19-11(8)12(18)14-9/h4,6H,2-3,5,7H2,1H3,(H,16,17)(H,13,14,18). The van der Waals surface area contributed by atoms with Crippen LogP contribution in [0.4, 0.5) is 0 Å². The van der Waals surface area contributed by atoms with Crippen molar-refractivity contribution >= 4 is 27.5 Å². The van der Waals surface area contributed by atoms with Gasteiger partial charge in [-0.05, 0) is 31.5 Å². The van der Waals surface area contributed by atoms with E-state index in [0.29, 0.717) is 35.6 Å². The van der Waals surface area contributed by atoms with Crippen molar-refractivity contribution in [2.45, 2.75) is 19.4 Å². The maximum atomic E-state index is 11.8. The summed E-state index contributed by atoms with van der Waals surface area (Å²) in [6.45, 7) is 1.15. The van der Waals surface area contributed by atoms with E-state index in [2.05, 4.69) is 9.97 Å². The fraction of sp³-hybridized carbons (Fsp3) is 0.417. The Labute approximate surface area is 113 Å². The van der Waals surface area contributed by atoms with Gasteiger partial charge < -0.3 is 10.1 Å². The number of fused-ring (bicyclic) bond motifs is 1. The SMILES string of the molecule is CN(CCCC(=O)O)Cc1nc2ccsc2c(=O)[nH]1. The van der Waals surface area contributed by atoms with Crippen molar-refractivity contribution in [3.05, 3.63) is 27.6 Å². The molecule has 0 aromatic carbocycles. The Morgan fingerprint density at radius 3 is 3.11 bits per heavy atom. The van der Waals surface area contributed by atoms with Crippen molar-refractivity contribution < 1.29 is 9.90 Å². The van der Waals surface area contributed by atoms with E-state index in [4.69, 9.17) is 5.11 Å². The number of rotatable bonds is 6. The first kappa shape index (κ1) is 13.7. The Bertz CT molecular complexity index is 634. The fourth-order valence-corrected chi connectivity index (χ4v) is 2.56. The highest BCUT2D eigenvalue weighted by Crippen LogP contribution is 2.13. The van der Waals surface area contributed by atoms with E-state index in [9.17, 15) is 9.59 Å². The van der Waals surface area contributed by atoms with Crippen LogP contribution in [0.25, 0.3) is 10.2 Å². The molecular weight excluding hydrogens is 266 g/mol. The van der Waals surface area contributed by atoms with E-state index >= 15 is 0 Å². The molecule has 6 nitrogen and oxygen atoms in total. The average Bonchev–Trinajstić information content (AvgIpc) is 2.76. The van der Waals surface area contributed by atoms with Crippen LogP contribution in [0, 0.1) is 0 Å². The lowest BCUT2D eigenvalue weighted by Gasteiger charge is -2.15. The lowest BCUT2D eigenvalue weighted by Crippen LogP contribution is -2.23. The van der Waals surface area contributed by atoms with Gasteiger partial charge in [0.25, 0.3) is 5.56 Å². The van der Waals surface area contributed by atoms with Crippen molar-refractivity contribution in [3.8, 4) is 0 Å². The summed E-state index contributed by atoms with van der Waals surface area (Å²) < 4.78 is 0.636. The first-order valence-electron chi connectivity index (χ1n) is 5.93.